The van der Waals surface area contributed by atoms with Crippen LogP contribution in [-0.4, -0.2) is 82.8 Å². The molecule has 0 bridgehead atoms. The number of Topliss-reactive ketones (excluding diaryl/α,β-unsaturated/α-hetero) is 1. The summed E-state index contributed by atoms with van der Waals surface area (Å²) in [7, 11) is 0. The van der Waals surface area contributed by atoms with E-state index in [1.54, 1.807) is 26.0 Å². The van der Waals surface area contributed by atoms with E-state index in [9.17, 15) is 25.2 Å². The zero-order chi connectivity index (χ0) is 30.4. The lowest BCUT2D eigenvalue weighted by molar-refractivity contribution is -0.321. The number of aliphatic hydroxyl groups is 4. The van der Waals surface area contributed by atoms with E-state index in [4.69, 9.17) is 19.2 Å². The second kappa shape index (κ2) is 18.5. The summed E-state index contributed by atoms with van der Waals surface area (Å²) in [6.07, 6.45) is 1.59. The first-order valence-corrected chi connectivity index (χ1v) is 13.8. The van der Waals surface area contributed by atoms with E-state index in [0.717, 1.165) is 24.0 Å². The van der Waals surface area contributed by atoms with E-state index in [1.165, 1.54) is 11.1 Å². The van der Waals surface area contributed by atoms with E-state index < -0.39 is 43.4 Å². The van der Waals surface area contributed by atoms with E-state index in [1.807, 2.05) is 6.92 Å². The third-order valence-electron chi connectivity index (χ3n) is 6.68. The van der Waals surface area contributed by atoms with Gasteiger partial charge >= 0.3 is 0 Å². The predicted molar refractivity (Wildman–Crippen MR) is 154 cm³/mol. The molecule has 40 heavy (non-hydrogen) atoms. The Morgan fingerprint density at radius 1 is 1.07 bits per heavy atom. The molecule has 9 heteroatoms. The van der Waals surface area contributed by atoms with Crippen LogP contribution in [0.4, 0.5) is 0 Å². The van der Waals surface area contributed by atoms with Crippen molar-refractivity contribution in [3.05, 3.63) is 59.3 Å². The fourth-order valence-electron chi connectivity index (χ4n) is 4.11. The highest BCUT2D eigenvalue weighted by Gasteiger charge is 2.44. The van der Waals surface area contributed by atoms with Crippen LogP contribution in [0, 0.1) is 5.92 Å². The molecule has 1 fully saturated rings. The van der Waals surface area contributed by atoms with E-state index in [2.05, 4.69) is 40.0 Å². The van der Waals surface area contributed by atoms with Crippen molar-refractivity contribution in [3.63, 3.8) is 0 Å². The average molecular weight is 567 g/mol. The highest BCUT2D eigenvalue weighted by Crippen LogP contribution is 2.31. The van der Waals surface area contributed by atoms with Gasteiger partial charge < -0.3 is 29.9 Å². The Labute approximate surface area is 239 Å². The monoisotopic (exact) mass is 566 g/mol. The predicted octanol–water partition coefficient (Wildman–Crippen LogP) is 3.88. The number of hydrogen-bond acceptors (Lipinski definition) is 9. The molecular weight excluding hydrogens is 516 g/mol. The van der Waals surface area contributed by atoms with Crippen LogP contribution in [0.2, 0.25) is 0 Å². The molecule has 1 heterocycles. The van der Waals surface area contributed by atoms with Crippen molar-refractivity contribution in [1.82, 2.24) is 0 Å². The van der Waals surface area contributed by atoms with Gasteiger partial charge in [0, 0.05) is 12.3 Å². The van der Waals surface area contributed by atoms with E-state index in [0.29, 0.717) is 18.6 Å². The number of carbonyl (C=O) groups is 1. The summed E-state index contributed by atoms with van der Waals surface area (Å²) < 4.78 is 11.0. The topological polar surface area (TPSA) is 135 Å². The number of carbonyl (C=O) groups excluding carboxylic acids is 1. The quantitative estimate of drug-likeness (QED) is 0.113. The van der Waals surface area contributed by atoms with Crippen molar-refractivity contribution in [2.24, 2.45) is 5.92 Å². The van der Waals surface area contributed by atoms with Crippen LogP contribution in [0.5, 0.6) is 0 Å². The molecule has 0 aromatic carbocycles. The fourth-order valence-corrected chi connectivity index (χ4v) is 4.11. The summed E-state index contributed by atoms with van der Waals surface area (Å²) >= 11 is 0. The number of hydrogen-bond donors (Lipinski definition) is 4. The summed E-state index contributed by atoms with van der Waals surface area (Å²) in [5.41, 5.74) is 4.95. The van der Waals surface area contributed by atoms with Crippen molar-refractivity contribution in [2.45, 2.75) is 104 Å². The maximum absolute atomic E-state index is 12.3. The Hall–Kier alpha value is -1.95. The summed E-state index contributed by atoms with van der Waals surface area (Å²) in [5.74, 6) is -0.366. The maximum atomic E-state index is 12.3. The number of ether oxygens (including phenoxy) is 2. The Morgan fingerprint density at radius 3 is 2.27 bits per heavy atom. The lowest BCUT2D eigenvalue weighted by Gasteiger charge is -2.40. The number of ketones is 1. The van der Waals surface area contributed by atoms with E-state index >= 15 is 0 Å². The van der Waals surface area contributed by atoms with Crippen LogP contribution in [0.25, 0.3) is 0 Å². The lowest BCUT2D eigenvalue weighted by atomic mass is 9.82. The molecule has 1 saturated heterocycles. The SMILES string of the molecule is C=C(C)CCC=C(C)C.C=C(C)CCOOC1C=C(C)C(=O)CC1/C(=C\C)COC1OC(CO)C(O)C(O)C1O. The maximum Gasteiger partial charge on any atom is 0.187 e. The van der Waals surface area contributed by atoms with Gasteiger partial charge in [-0.1, -0.05) is 28.9 Å². The van der Waals surface area contributed by atoms with Gasteiger partial charge in [0.1, 0.15) is 30.5 Å². The molecule has 228 valence electrons. The highest BCUT2D eigenvalue weighted by molar-refractivity contribution is 5.96. The molecule has 0 aromatic rings. The van der Waals surface area contributed by atoms with Crippen molar-refractivity contribution in [2.75, 3.05) is 19.8 Å². The van der Waals surface area contributed by atoms with Crippen molar-refractivity contribution >= 4 is 5.78 Å². The number of rotatable bonds is 13. The molecule has 4 N–H and O–H groups in total. The van der Waals surface area contributed by atoms with Gasteiger partial charge in [0.25, 0.3) is 0 Å². The molecule has 1 aliphatic carbocycles. The molecule has 2 rings (SSSR count). The largest absolute Gasteiger partial charge is 0.394 e. The first-order chi connectivity index (χ1) is 18.8. The van der Waals surface area contributed by atoms with Gasteiger partial charge in [-0.15, -0.1) is 13.2 Å². The van der Waals surface area contributed by atoms with Crippen molar-refractivity contribution in [3.8, 4) is 0 Å². The van der Waals surface area contributed by atoms with Gasteiger partial charge in [0.2, 0.25) is 0 Å². The van der Waals surface area contributed by atoms with Crippen LogP contribution in [0.3, 0.4) is 0 Å². The van der Waals surface area contributed by atoms with Gasteiger partial charge in [-0.05, 0) is 78.0 Å². The molecule has 2 aliphatic rings. The number of aliphatic hydroxyl groups excluding tert-OH is 4. The van der Waals surface area contributed by atoms with Crippen LogP contribution in [0.15, 0.2) is 59.3 Å². The summed E-state index contributed by atoms with van der Waals surface area (Å²) in [4.78, 5) is 23.2. The molecule has 9 nitrogen and oxygen atoms in total. The minimum absolute atomic E-state index is 0.0148. The standard InChI is InChI=1S/C22H34O9.C9H16/c1-5-14(11-28-22-21(27)20(26)19(25)18(10-23)30-22)15-9-16(24)13(4)8-17(15)31-29-7-6-12(2)3;1-8(2)6-5-7-9(3)4/h5,8,15,17-23,25-27H,2,6-7,9-11H2,1,3-4H3;7H,1,5-6H2,2-4H3/b14-5-;. The Balaban J connectivity index is 0.000000763. The van der Waals surface area contributed by atoms with Gasteiger partial charge in [-0.25, -0.2) is 9.78 Å². The third kappa shape index (κ3) is 12.3. The second-order valence-electron chi connectivity index (χ2n) is 10.8. The van der Waals surface area contributed by atoms with Gasteiger partial charge in [-0.3, -0.25) is 4.79 Å². The normalized spacial score (nSPS) is 28.8. The molecule has 7 unspecified atom stereocenters. The zero-order valence-electron chi connectivity index (χ0n) is 25.0. The first kappa shape index (κ1) is 36.1. The summed E-state index contributed by atoms with van der Waals surface area (Å²) in [6, 6.07) is 0. The van der Waals surface area contributed by atoms with Crippen molar-refractivity contribution < 1.29 is 44.5 Å². The molecule has 0 spiro atoms. The van der Waals surface area contributed by atoms with E-state index in [-0.39, 0.29) is 24.7 Å². The smallest absolute Gasteiger partial charge is 0.187 e. The molecule has 0 saturated carbocycles. The molecule has 1 aliphatic heterocycles. The Kier molecular flexibility index (Phi) is 16.7. The molecule has 0 radical (unpaired) electrons. The van der Waals surface area contributed by atoms with Crippen LogP contribution >= 0.6 is 0 Å². The van der Waals surface area contributed by atoms with Gasteiger partial charge in [0.15, 0.2) is 12.1 Å². The average Bonchev–Trinajstić information content (AvgIpc) is 2.88. The zero-order valence-corrected chi connectivity index (χ0v) is 25.0. The minimum atomic E-state index is -1.52. The third-order valence-corrected chi connectivity index (χ3v) is 6.68. The molecule has 7 atom stereocenters. The summed E-state index contributed by atoms with van der Waals surface area (Å²) in [5, 5.41) is 39.3. The lowest BCUT2D eigenvalue weighted by Crippen LogP contribution is -2.59. The van der Waals surface area contributed by atoms with Crippen LogP contribution in [0.1, 0.15) is 67.2 Å². The summed E-state index contributed by atoms with van der Waals surface area (Å²) in [6.45, 7) is 19.1. The minimum Gasteiger partial charge on any atom is -0.394 e. The van der Waals surface area contributed by atoms with Gasteiger partial charge in [-0.2, -0.15) is 0 Å². The second-order valence-corrected chi connectivity index (χ2v) is 10.8. The van der Waals surface area contributed by atoms with Gasteiger partial charge in [0.05, 0.1) is 19.8 Å². The van der Waals surface area contributed by atoms with Crippen LogP contribution < -0.4 is 0 Å². The molecule has 0 aromatic heterocycles. The van der Waals surface area contributed by atoms with Crippen molar-refractivity contribution in [1.29, 1.82) is 0 Å². The highest BCUT2D eigenvalue weighted by atomic mass is 17.2. The number of allylic oxidation sites excluding steroid dienone is 5. The molecular formula is C31H50O9. The van der Waals surface area contributed by atoms with Crippen LogP contribution in [-0.2, 0) is 24.0 Å². The Morgan fingerprint density at radius 2 is 1.73 bits per heavy atom. The first-order valence-electron chi connectivity index (χ1n) is 13.8. The molecule has 0 amide bonds. The Bertz CT molecular complexity index is 914. The fraction of sp³-hybridized carbons (Fsp3) is 0.645.